The molecule has 8 heteroatoms. The van der Waals surface area contributed by atoms with Crippen molar-refractivity contribution < 1.29 is 13.9 Å². The highest BCUT2D eigenvalue weighted by atomic mass is 79.9. The van der Waals surface area contributed by atoms with Gasteiger partial charge in [-0.3, -0.25) is 4.79 Å². The number of halogens is 2. The smallest absolute Gasteiger partial charge is 0.295 e. The minimum atomic E-state index is -0.487. The van der Waals surface area contributed by atoms with Crippen molar-refractivity contribution in [2.75, 3.05) is 12.4 Å². The van der Waals surface area contributed by atoms with Crippen LogP contribution >= 0.6 is 15.9 Å². The second kappa shape index (κ2) is 8.46. The van der Waals surface area contributed by atoms with Gasteiger partial charge in [-0.15, -0.1) is 5.10 Å². The SMILES string of the molecule is COc1ccccc1NC(=O)c1nc(-c2ccc(F)cc2)n(-c2ccc(Br)cc2)n1. The fourth-order valence-corrected chi connectivity index (χ4v) is 3.15. The Balaban J connectivity index is 1.75. The third kappa shape index (κ3) is 4.08. The van der Waals surface area contributed by atoms with E-state index in [9.17, 15) is 9.18 Å². The van der Waals surface area contributed by atoms with E-state index in [1.807, 2.05) is 30.3 Å². The summed E-state index contributed by atoms with van der Waals surface area (Å²) < 4.78 is 21.1. The normalized spacial score (nSPS) is 10.6. The summed E-state index contributed by atoms with van der Waals surface area (Å²) in [7, 11) is 1.53. The maximum Gasteiger partial charge on any atom is 0.295 e. The van der Waals surface area contributed by atoms with Crippen LogP contribution in [0.25, 0.3) is 17.1 Å². The molecule has 4 rings (SSSR count). The molecule has 1 aromatic heterocycles. The van der Waals surface area contributed by atoms with Gasteiger partial charge in [0.25, 0.3) is 5.91 Å². The molecule has 0 unspecified atom stereocenters. The molecule has 1 amide bonds. The summed E-state index contributed by atoms with van der Waals surface area (Å²) in [6.45, 7) is 0. The summed E-state index contributed by atoms with van der Waals surface area (Å²) in [6, 6.07) is 20.3. The van der Waals surface area contributed by atoms with Crippen molar-refractivity contribution in [2.24, 2.45) is 0 Å². The van der Waals surface area contributed by atoms with E-state index >= 15 is 0 Å². The first-order chi connectivity index (χ1) is 14.5. The first kappa shape index (κ1) is 19.8. The molecule has 0 aliphatic carbocycles. The van der Waals surface area contributed by atoms with Crippen LogP contribution in [0.5, 0.6) is 5.75 Å². The highest BCUT2D eigenvalue weighted by Gasteiger charge is 2.20. The van der Waals surface area contributed by atoms with Gasteiger partial charge in [0.1, 0.15) is 11.6 Å². The van der Waals surface area contributed by atoms with E-state index in [1.165, 1.54) is 19.2 Å². The molecule has 0 saturated carbocycles. The van der Waals surface area contributed by atoms with Crippen molar-refractivity contribution in [1.29, 1.82) is 0 Å². The van der Waals surface area contributed by atoms with E-state index < -0.39 is 5.91 Å². The lowest BCUT2D eigenvalue weighted by Crippen LogP contribution is -2.14. The Hall–Kier alpha value is -3.52. The molecule has 6 nitrogen and oxygen atoms in total. The van der Waals surface area contributed by atoms with Crippen LogP contribution in [0.3, 0.4) is 0 Å². The predicted molar refractivity (Wildman–Crippen MR) is 115 cm³/mol. The molecule has 0 fully saturated rings. The van der Waals surface area contributed by atoms with Crippen LogP contribution < -0.4 is 10.1 Å². The quantitative estimate of drug-likeness (QED) is 0.444. The molecule has 3 aromatic carbocycles. The molecule has 1 N–H and O–H groups in total. The number of carbonyl (C=O) groups is 1. The first-order valence-corrected chi connectivity index (χ1v) is 9.78. The lowest BCUT2D eigenvalue weighted by Gasteiger charge is -2.08. The highest BCUT2D eigenvalue weighted by Crippen LogP contribution is 2.25. The Labute approximate surface area is 180 Å². The largest absolute Gasteiger partial charge is 0.495 e. The number of hydrogen-bond acceptors (Lipinski definition) is 4. The van der Waals surface area contributed by atoms with Crippen LogP contribution in [0, 0.1) is 5.82 Å². The van der Waals surface area contributed by atoms with Crippen LogP contribution in [0.15, 0.2) is 77.3 Å². The van der Waals surface area contributed by atoms with Crippen LogP contribution in [0.2, 0.25) is 0 Å². The van der Waals surface area contributed by atoms with Crippen LogP contribution in [-0.2, 0) is 0 Å². The van der Waals surface area contributed by atoms with E-state index in [0.717, 1.165) is 4.47 Å². The molecule has 0 atom stereocenters. The molecule has 0 aliphatic rings. The zero-order valence-corrected chi connectivity index (χ0v) is 17.4. The molecular weight excluding hydrogens is 451 g/mol. The number of anilines is 1. The molecular formula is C22H16BrFN4O2. The number of para-hydroxylation sites is 2. The summed E-state index contributed by atoms with van der Waals surface area (Å²) >= 11 is 3.41. The van der Waals surface area contributed by atoms with Crippen LogP contribution in [-0.4, -0.2) is 27.8 Å². The molecule has 150 valence electrons. The lowest BCUT2D eigenvalue weighted by atomic mass is 10.2. The van der Waals surface area contributed by atoms with Gasteiger partial charge in [-0.05, 0) is 60.7 Å². The topological polar surface area (TPSA) is 69.0 Å². The molecule has 0 saturated heterocycles. The van der Waals surface area contributed by atoms with Crippen molar-refractivity contribution in [3.63, 3.8) is 0 Å². The monoisotopic (exact) mass is 466 g/mol. The van der Waals surface area contributed by atoms with Gasteiger partial charge in [0.05, 0.1) is 18.5 Å². The van der Waals surface area contributed by atoms with E-state index in [0.29, 0.717) is 28.5 Å². The zero-order valence-electron chi connectivity index (χ0n) is 15.8. The molecule has 0 spiro atoms. The summed E-state index contributed by atoms with van der Waals surface area (Å²) in [5.41, 5.74) is 1.85. The van der Waals surface area contributed by atoms with Crippen molar-refractivity contribution in [3.05, 3.63) is 88.9 Å². The van der Waals surface area contributed by atoms with Crippen molar-refractivity contribution >= 4 is 27.5 Å². The van der Waals surface area contributed by atoms with Crippen molar-refractivity contribution in [2.45, 2.75) is 0 Å². The van der Waals surface area contributed by atoms with E-state index in [2.05, 4.69) is 31.3 Å². The van der Waals surface area contributed by atoms with Gasteiger partial charge in [0.15, 0.2) is 5.82 Å². The van der Waals surface area contributed by atoms with Crippen molar-refractivity contribution in [3.8, 4) is 22.8 Å². The maximum atomic E-state index is 13.4. The maximum absolute atomic E-state index is 13.4. The third-order valence-electron chi connectivity index (χ3n) is 4.34. The van der Waals surface area contributed by atoms with Gasteiger partial charge in [0, 0.05) is 10.0 Å². The Bertz CT molecular complexity index is 1130. The average Bonchev–Trinajstić information content (AvgIpc) is 3.21. The zero-order chi connectivity index (χ0) is 21.1. The summed E-state index contributed by atoms with van der Waals surface area (Å²) in [4.78, 5) is 17.3. The van der Waals surface area contributed by atoms with E-state index in [4.69, 9.17) is 4.74 Å². The number of nitrogens with zero attached hydrogens (tertiary/aromatic N) is 3. The van der Waals surface area contributed by atoms with Gasteiger partial charge >= 0.3 is 0 Å². The number of carbonyl (C=O) groups excluding carboxylic acids is 1. The predicted octanol–water partition coefficient (Wildman–Crippen LogP) is 5.10. The van der Waals surface area contributed by atoms with E-state index in [-0.39, 0.29) is 11.6 Å². The average molecular weight is 467 g/mol. The van der Waals surface area contributed by atoms with Crippen molar-refractivity contribution in [1.82, 2.24) is 14.8 Å². The second-order valence-corrected chi connectivity index (χ2v) is 7.22. The third-order valence-corrected chi connectivity index (χ3v) is 4.87. The summed E-state index contributed by atoms with van der Waals surface area (Å²) in [5, 5.41) is 7.17. The molecule has 4 aromatic rings. The highest BCUT2D eigenvalue weighted by molar-refractivity contribution is 9.10. The summed E-state index contributed by atoms with van der Waals surface area (Å²) in [6.07, 6.45) is 0. The lowest BCUT2D eigenvalue weighted by molar-refractivity contribution is 0.101. The number of methoxy groups -OCH3 is 1. The molecule has 0 radical (unpaired) electrons. The standard InChI is InChI=1S/C22H16BrFN4O2/c1-30-19-5-3-2-4-18(19)25-22(29)20-26-21(14-6-10-16(24)11-7-14)28(27-20)17-12-8-15(23)9-13-17/h2-13H,1H3,(H,25,29). The summed E-state index contributed by atoms with van der Waals surface area (Å²) in [5.74, 6) is 0.0731. The Morgan fingerprint density at radius 2 is 1.73 bits per heavy atom. The molecule has 0 aliphatic heterocycles. The van der Waals surface area contributed by atoms with Gasteiger partial charge in [-0.1, -0.05) is 28.1 Å². The molecule has 1 heterocycles. The Morgan fingerprint density at radius 1 is 1.03 bits per heavy atom. The van der Waals surface area contributed by atoms with E-state index in [1.54, 1.807) is 35.0 Å². The molecule has 0 bridgehead atoms. The number of ether oxygens (including phenoxy) is 1. The second-order valence-electron chi connectivity index (χ2n) is 6.31. The minimum absolute atomic E-state index is 0.0249. The number of rotatable bonds is 5. The fourth-order valence-electron chi connectivity index (χ4n) is 2.88. The number of benzene rings is 3. The van der Waals surface area contributed by atoms with Gasteiger partial charge in [-0.2, -0.15) is 0 Å². The van der Waals surface area contributed by atoms with Gasteiger partial charge < -0.3 is 10.1 Å². The Morgan fingerprint density at radius 3 is 2.43 bits per heavy atom. The van der Waals surface area contributed by atoms with Crippen LogP contribution in [0.1, 0.15) is 10.6 Å². The number of hydrogen-bond donors (Lipinski definition) is 1. The number of nitrogens with one attached hydrogen (secondary N) is 1. The van der Waals surface area contributed by atoms with Gasteiger partial charge in [-0.25, -0.2) is 14.1 Å². The Kier molecular flexibility index (Phi) is 5.58. The first-order valence-electron chi connectivity index (χ1n) is 8.98. The number of aromatic nitrogens is 3. The molecule has 30 heavy (non-hydrogen) atoms. The fraction of sp³-hybridized carbons (Fsp3) is 0.0455. The number of amides is 1. The van der Waals surface area contributed by atoms with Gasteiger partial charge in [0.2, 0.25) is 5.82 Å². The minimum Gasteiger partial charge on any atom is -0.495 e. The van der Waals surface area contributed by atoms with Crippen LogP contribution in [0.4, 0.5) is 10.1 Å².